The molecule has 0 saturated carbocycles. The number of rotatable bonds is 11. The van der Waals surface area contributed by atoms with Crippen LogP contribution < -0.4 is 5.32 Å². The molecule has 37 heavy (non-hydrogen) atoms. The third kappa shape index (κ3) is 6.24. The summed E-state index contributed by atoms with van der Waals surface area (Å²) in [6, 6.07) is 34.6. The molecule has 4 rings (SSSR count). The van der Waals surface area contributed by atoms with Crippen molar-refractivity contribution in [3.05, 3.63) is 132 Å². The summed E-state index contributed by atoms with van der Waals surface area (Å²) in [5.41, 5.74) is 3.90. The van der Waals surface area contributed by atoms with Crippen LogP contribution in [0.15, 0.2) is 115 Å². The van der Waals surface area contributed by atoms with Crippen molar-refractivity contribution in [1.82, 2.24) is 5.32 Å². The number of carboxylic acids is 1. The van der Waals surface area contributed by atoms with Crippen LogP contribution in [0, 0.1) is 0 Å². The van der Waals surface area contributed by atoms with Crippen molar-refractivity contribution in [2.75, 3.05) is 0 Å². The van der Waals surface area contributed by atoms with E-state index in [1.165, 1.54) is 0 Å². The van der Waals surface area contributed by atoms with Crippen molar-refractivity contribution in [2.24, 2.45) is 0 Å². The molecular formula is C30H30NO5P. The SMILES string of the molecule is O=C(O)CC[C@@H](Cc1ccc(-c2ccccc2)cc1)NC(c1ccccc1)(c1ccccc1)P(=O)(O)O. The van der Waals surface area contributed by atoms with Gasteiger partial charge in [0.15, 0.2) is 5.28 Å². The van der Waals surface area contributed by atoms with Gasteiger partial charge in [-0.2, -0.15) is 0 Å². The maximum atomic E-state index is 13.3. The second kappa shape index (κ2) is 11.7. The minimum Gasteiger partial charge on any atom is -0.481 e. The van der Waals surface area contributed by atoms with E-state index in [0.29, 0.717) is 17.5 Å². The molecule has 0 bridgehead atoms. The highest BCUT2D eigenvalue weighted by Gasteiger charge is 2.51. The molecule has 0 fully saturated rings. The van der Waals surface area contributed by atoms with Crippen molar-refractivity contribution in [3.8, 4) is 11.1 Å². The molecule has 1 atom stereocenters. The van der Waals surface area contributed by atoms with Crippen LogP contribution in [0.2, 0.25) is 0 Å². The molecule has 7 heteroatoms. The molecule has 4 aromatic rings. The highest BCUT2D eigenvalue weighted by atomic mass is 31.2. The molecule has 0 aromatic heterocycles. The Morgan fingerprint density at radius 1 is 0.730 bits per heavy atom. The fraction of sp³-hybridized carbons (Fsp3) is 0.167. The zero-order valence-corrected chi connectivity index (χ0v) is 21.2. The quantitative estimate of drug-likeness (QED) is 0.188. The highest BCUT2D eigenvalue weighted by Crippen LogP contribution is 2.59. The lowest BCUT2D eigenvalue weighted by Crippen LogP contribution is -2.49. The molecule has 0 aliphatic rings. The van der Waals surface area contributed by atoms with Gasteiger partial charge in [0.05, 0.1) is 0 Å². The number of nitrogens with one attached hydrogen (secondary N) is 1. The molecule has 190 valence electrons. The van der Waals surface area contributed by atoms with Crippen LogP contribution in [0.1, 0.15) is 29.5 Å². The lowest BCUT2D eigenvalue weighted by molar-refractivity contribution is -0.137. The van der Waals surface area contributed by atoms with Crippen molar-refractivity contribution in [1.29, 1.82) is 0 Å². The van der Waals surface area contributed by atoms with Crippen molar-refractivity contribution in [2.45, 2.75) is 30.6 Å². The fourth-order valence-corrected chi connectivity index (χ4v) is 6.00. The summed E-state index contributed by atoms with van der Waals surface area (Å²) >= 11 is 0. The van der Waals surface area contributed by atoms with E-state index < -0.39 is 24.9 Å². The molecule has 0 heterocycles. The van der Waals surface area contributed by atoms with Gasteiger partial charge >= 0.3 is 13.6 Å². The summed E-state index contributed by atoms with van der Waals surface area (Å²) in [6.45, 7) is 0. The monoisotopic (exact) mass is 515 g/mol. The van der Waals surface area contributed by atoms with Crippen LogP contribution in [0.25, 0.3) is 11.1 Å². The molecule has 0 spiro atoms. The van der Waals surface area contributed by atoms with E-state index in [0.717, 1.165) is 16.7 Å². The zero-order chi connectivity index (χ0) is 26.3. The molecule has 0 unspecified atom stereocenters. The first-order chi connectivity index (χ1) is 17.8. The Kier molecular flexibility index (Phi) is 8.37. The van der Waals surface area contributed by atoms with Crippen LogP contribution >= 0.6 is 7.60 Å². The third-order valence-corrected chi connectivity index (χ3v) is 8.00. The van der Waals surface area contributed by atoms with Crippen LogP contribution in [0.5, 0.6) is 0 Å². The van der Waals surface area contributed by atoms with E-state index in [1.807, 2.05) is 54.6 Å². The summed E-state index contributed by atoms with van der Waals surface area (Å²) in [6.07, 6.45) is 0.446. The second-order valence-electron chi connectivity index (χ2n) is 9.03. The zero-order valence-electron chi connectivity index (χ0n) is 20.3. The molecule has 0 saturated heterocycles. The molecule has 4 N–H and O–H groups in total. The third-order valence-electron chi connectivity index (χ3n) is 6.48. The summed E-state index contributed by atoms with van der Waals surface area (Å²) in [7, 11) is -4.86. The average molecular weight is 516 g/mol. The topological polar surface area (TPSA) is 107 Å². The Morgan fingerprint density at radius 2 is 1.19 bits per heavy atom. The van der Waals surface area contributed by atoms with Crippen LogP contribution in [-0.2, 0) is 21.1 Å². The van der Waals surface area contributed by atoms with Crippen LogP contribution in [0.3, 0.4) is 0 Å². The van der Waals surface area contributed by atoms with Gasteiger partial charge < -0.3 is 14.9 Å². The number of carbonyl (C=O) groups is 1. The molecule has 6 nitrogen and oxygen atoms in total. The number of carboxylic acid groups (broad SMARTS) is 1. The van der Waals surface area contributed by atoms with Gasteiger partial charge in [0.2, 0.25) is 0 Å². The first kappa shape index (κ1) is 26.5. The number of hydrogen-bond acceptors (Lipinski definition) is 3. The molecule has 0 amide bonds. The van der Waals surface area contributed by atoms with Gasteiger partial charge in [-0.3, -0.25) is 14.7 Å². The minimum atomic E-state index is -4.86. The lowest BCUT2D eigenvalue weighted by atomic mass is 9.93. The van der Waals surface area contributed by atoms with E-state index in [2.05, 4.69) is 5.32 Å². The van der Waals surface area contributed by atoms with E-state index in [4.69, 9.17) is 0 Å². The maximum Gasteiger partial charge on any atom is 0.354 e. The normalized spacial score (nSPS) is 12.7. The van der Waals surface area contributed by atoms with Gasteiger partial charge in [-0.25, -0.2) is 0 Å². The van der Waals surface area contributed by atoms with E-state index in [1.54, 1.807) is 60.7 Å². The Labute approximate surface area is 216 Å². The standard InChI is InChI=1S/C30H30NO5P/c32-29(33)21-20-28(22-23-16-18-25(19-17-23)24-10-4-1-5-11-24)31-30(37(34,35)36,26-12-6-2-7-13-26)27-14-8-3-9-15-27/h1-19,28,31H,20-22H2,(H,32,33)(H2,34,35,36)/t28-/m0/s1. The Hall–Kier alpha value is -3.54. The van der Waals surface area contributed by atoms with Gasteiger partial charge in [0, 0.05) is 12.5 Å². The van der Waals surface area contributed by atoms with Crippen molar-refractivity contribution in [3.63, 3.8) is 0 Å². The van der Waals surface area contributed by atoms with Gasteiger partial charge in [0.25, 0.3) is 0 Å². The molecule has 4 aromatic carbocycles. The Balaban J connectivity index is 1.73. The first-order valence-corrected chi connectivity index (χ1v) is 13.7. The van der Waals surface area contributed by atoms with E-state index in [-0.39, 0.29) is 12.8 Å². The fourth-order valence-electron chi connectivity index (χ4n) is 4.68. The highest BCUT2D eigenvalue weighted by molar-refractivity contribution is 7.53. The number of benzene rings is 4. The van der Waals surface area contributed by atoms with Crippen molar-refractivity contribution >= 4 is 13.6 Å². The van der Waals surface area contributed by atoms with Gasteiger partial charge in [-0.05, 0) is 40.7 Å². The largest absolute Gasteiger partial charge is 0.481 e. The summed E-state index contributed by atoms with van der Waals surface area (Å²) in [5, 5.41) is 10.8. The molecule has 0 aliphatic heterocycles. The summed E-state index contributed by atoms with van der Waals surface area (Å²) in [4.78, 5) is 33.1. The van der Waals surface area contributed by atoms with Gasteiger partial charge in [0.1, 0.15) is 0 Å². The molecule has 0 radical (unpaired) electrons. The number of aliphatic carboxylic acids is 1. The van der Waals surface area contributed by atoms with E-state index >= 15 is 0 Å². The van der Waals surface area contributed by atoms with Crippen LogP contribution in [-0.4, -0.2) is 26.9 Å². The second-order valence-corrected chi connectivity index (χ2v) is 10.8. The first-order valence-electron chi connectivity index (χ1n) is 12.1. The van der Waals surface area contributed by atoms with Crippen LogP contribution in [0.4, 0.5) is 0 Å². The van der Waals surface area contributed by atoms with Crippen molar-refractivity contribution < 1.29 is 24.3 Å². The minimum absolute atomic E-state index is 0.138. The number of hydrogen-bond donors (Lipinski definition) is 4. The molecule has 0 aliphatic carbocycles. The smallest absolute Gasteiger partial charge is 0.354 e. The lowest BCUT2D eigenvalue weighted by Gasteiger charge is -2.39. The van der Waals surface area contributed by atoms with Gasteiger partial charge in [-0.15, -0.1) is 0 Å². The predicted molar refractivity (Wildman–Crippen MR) is 145 cm³/mol. The molecular weight excluding hydrogens is 485 g/mol. The van der Waals surface area contributed by atoms with E-state index in [9.17, 15) is 24.3 Å². The predicted octanol–water partition coefficient (Wildman–Crippen LogP) is 5.80. The summed E-state index contributed by atoms with van der Waals surface area (Å²) < 4.78 is 13.3. The van der Waals surface area contributed by atoms with Gasteiger partial charge in [-0.1, -0.05) is 115 Å². The maximum absolute atomic E-state index is 13.3. The Morgan fingerprint density at radius 3 is 1.65 bits per heavy atom. The average Bonchev–Trinajstić information content (AvgIpc) is 2.91. The Bertz CT molecular complexity index is 1300. The summed E-state index contributed by atoms with van der Waals surface area (Å²) in [5.74, 6) is -0.965.